The molecular formula is C2H8N2O. The third kappa shape index (κ3) is 3.88. The first-order valence-electron chi connectivity index (χ1n) is 1.42. The molecule has 0 aromatic rings. The smallest absolute Gasteiger partial charge is 0.0756 e. The summed E-state index contributed by atoms with van der Waals surface area (Å²) >= 11 is 0. The van der Waals surface area contributed by atoms with E-state index in [0.29, 0.717) is 0 Å². The van der Waals surface area contributed by atoms with E-state index < -0.39 is 0 Å². The third-order valence-electron chi connectivity index (χ3n) is 0.204. The van der Waals surface area contributed by atoms with Crippen LogP contribution in [-0.4, -0.2) is 11.4 Å². The topological polar surface area (TPSA) is 58.3 Å². The minimum absolute atomic E-state index is 0.310. The second-order valence-electron chi connectivity index (χ2n) is 0.918. The first-order chi connectivity index (χ1) is 2.27. The van der Waals surface area contributed by atoms with Gasteiger partial charge in [-0.1, -0.05) is 0 Å². The van der Waals surface area contributed by atoms with Gasteiger partial charge < -0.3 is 10.9 Å². The van der Waals surface area contributed by atoms with Crippen molar-refractivity contribution < 1.29 is 5.21 Å². The van der Waals surface area contributed by atoms with Crippen molar-refractivity contribution in [3.8, 4) is 0 Å². The van der Waals surface area contributed by atoms with Gasteiger partial charge in [-0.05, 0) is 6.92 Å². The van der Waals surface area contributed by atoms with Crippen LogP contribution in [-0.2, 0) is 0 Å². The predicted molar refractivity (Wildman–Crippen MR) is 18.6 cm³/mol. The van der Waals surface area contributed by atoms with Crippen LogP contribution < -0.4 is 11.2 Å². The molecule has 0 aromatic carbocycles. The van der Waals surface area contributed by atoms with Gasteiger partial charge in [0.1, 0.15) is 0 Å². The first kappa shape index (κ1) is 4.88. The minimum Gasteiger partial charge on any atom is -0.315 e. The maximum atomic E-state index is 7.77. The molecule has 0 bridgehead atoms. The summed E-state index contributed by atoms with van der Waals surface area (Å²) in [7, 11) is 0. The summed E-state index contributed by atoms with van der Waals surface area (Å²) in [6.07, 6.45) is -0.310. The Morgan fingerprint density at radius 2 is 2.20 bits per heavy atom. The number of nitrogens with two attached hydrogens (primary N) is 1. The Morgan fingerprint density at radius 1 is 2.00 bits per heavy atom. The summed E-state index contributed by atoms with van der Waals surface area (Å²) in [6, 6.07) is 0. The van der Waals surface area contributed by atoms with E-state index in [2.05, 4.69) is 0 Å². The Balaban J connectivity index is 2.54. The highest BCUT2D eigenvalue weighted by Crippen LogP contribution is 1.52. The molecule has 1 unspecified atom stereocenters. The van der Waals surface area contributed by atoms with Crippen molar-refractivity contribution in [3.05, 3.63) is 0 Å². The molecule has 4 N–H and O–H groups in total. The number of hydroxylamine groups is 1. The molecule has 0 aliphatic heterocycles. The first-order valence-corrected chi connectivity index (χ1v) is 1.42. The van der Waals surface area contributed by atoms with Gasteiger partial charge in [0.15, 0.2) is 0 Å². The largest absolute Gasteiger partial charge is 0.315 e. The summed E-state index contributed by atoms with van der Waals surface area (Å²) in [5.41, 5.74) is 6.74. The van der Waals surface area contributed by atoms with Crippen LogP contribution in [0.25, 0.3) is 0 Å². The molecular weight excluding hydrogens is 68.0 g/mol. The van der Waals surface area contributed by atoms with E-state index in [4.69, 9.17) is 10.9 Å². The molecule has 0 aliphatic rings. The lowest BCUT2D eigenvalue weighted by Crippen LogP contribution is -2.30. The van der Waals surface area contributed by atoms with Gasteiger partial charge in [0, 0.05) is 0 Å². The van der Waals surface area contributed by atoms with Gasteiger partial charge in [-0.2, -0.15) is 5.48 Å². The van der Waals surface area contributed by atoms with Crippen molar-refractivity contribution in [1.82, 2.24) is 5.48 Å². The molecule has 0 heterocycles. The third-order valence-corrected chi connectivity index (χ3v) is 0.204. The maximum Gasteiger partial charge on any atom is 0.0756 e. The normalized spacial score (nSPS) is 15.0. The van der Waals surface area contributed by atoms with Crippen molar-refractivity contribution in [2.75, 3.05) is 0 Å². The molecule has 3 nitrogen and oxygen atoms in total. The lowest BCUT2D eigenvalue weighted by atomic mass is 10.7. The fourth-order valence-electron chi connectivity index (χ4n) is 0. The number of hydrogen-bond acceptors (Lipinski definition) is 3. The fraction of sp³-hybridized carbons (Fsp3) is 1.00. The quantitative estimate of drug-likeness (QED) is 0.285. The van der Waals surface area contributed by atoms with Gasteiger partial charge in [0.2, 0.25) is 0 Å². The van der Waals surface area contributed by atoms with Crippen LogP contribution in [0, 0.1) is 0 Å². The van der Waals surface area contributed by atoms with Crippen LogP contribution in [0.15, 0.2) is 0 Å². The Morgan fingerprint density at radius 3 is 2.20 bits per heavy atom. The maximum absolute atomic E-state index is 7.77. The van der Waals surface area contributed by atoms with Crippen LogP contribution >= 0.6 is 0 Å². The molecule has 1 atom stereocenters. The van der Waals surface area contributed by atoms with Crippen LogP contribution in [0.5, 0.6) is 0 Å². The highest BCUT2D eigenvalue weighted by molar-refractivity contribution is 4.31. The lowest BCUT2D eigenvalue weighted by molar-refractivity contribution is 0.135. The van der Waals surface area contributed by atoms with Gasteiger partial charge in [-0.3, -0.25) is 0 Å². The van der Waals surface area contributed by atoms with E-state index >= 15 is 0 Å². The molecule has 32 valence electrons. The van der Waals surface area contributed by atoms with Crippen LogP contribution in [0.3, 0.4) is 0 Å². The highest BCUT2D eigenvalue weighted by atomic mass is 16.5. The fourth-order valence-corrected chi connectivity index (χ4v) is 0. The van der Waals surface area contributed by atoms with E-state index in [1.54, 1.807) is 12.4 Å². The van der Waals surface area contributed by atoms with Crippen molar-refractivity contribution in [2.45, 2.75) is 13.1 Å². The zero-order valence-electron chi connectivity index (χ0n) is 3.10. The van der Waals surface area contributed by atoms with Crippen LogP contribution in [0.2, 0.25) is 0 Å². The van der Waals surface area contributed by atoms with Crippen molar-refractivity contribution in [1.29, 1.82) is 0 Å². The average Bonchev–Trinajstić information content (AvgIpc) is 1.38. The molecule has 5 heavy (non-hydrogen) atoms. The Bertz CT molecular complexity index is 21.6. The predicted octanol–water partition coefficient (Wildman–Crippen LogP) is -0.730. The zero-order valence-corrected chi connectivity index (χ0v) is 3.10. The molecule has 3 heteroatoms. The molecule has 0 aromatic heterocycles. The molecule has 0 radical (unpaired) electrons. The molecule has 0 saturated carbocycles. The standard InChI is InChI=1S/C2H8N2O/c1-2(3)4-5/h2,4-5H,3H2,1H3. The Kier molecular flexibility index (Phi) is 2.09. The van der Waals surface area contributed by atoms with Crippen molar-refractivity contribution in [2.24, 2.45) is 5.73 Å². The Hall–Kier alpha value is -0.120. The van der Waals surface area contributed by atoms with Gasteiger partial charge in [-0.15, -0.1) is 0 Å². The SMILES string of the molecule is CC(N)NO. The summed E-state index contributed by atoms with van der Waals surface area (Å²) in [4.78, 5) is 0. The molecule has 0 spiro atoms. The van der Waals surface area contributed by atoms with Crippen molar-refractivity contribution in [3.63, 3.8) is 0 Å². The van der Waals surface area contributed by atoms with Crippen molar-refractivity contribution >= 4 is 0 Å². The molecule has 0 saturated heterocycles. The average molecular weight is 76.1 g/mol. The Labute approximate surface area is 30.7 Å². The van der Waals surface area contributed by atoms with E-state index in [-0.39, 0.29) is 6.17 Å². The second-order valence-corrected chi connectivity index (χ2v) is 0.918. The summed E-state index contributed by atoms with van der Waals surface area (Å²) in [6.45, 7) is 1.64. The number of hydrogen-bond donors (Lipinski definition) is 3. The number of nitrogens with one attached hydrogen (secondary N) is 1. The monoisotopic (exact) mass is 76.1 g/mol. The summed E-state index contributed by atoms with van der Waals surface area (Å²) < 4.78 is 0. The summed E-state index contributed by atoms with van der Waals surface area (Å²) in [5.74, 6) is 0. The van der Waals surface area contributed by atoms with E-state index in [0.717, 1.165) is 0 Å². The van der Waals surface area contributed by atoms with Gasteiger partial charge in [0.25, 0.3) is 0 Å². The number of rotatable bonds is 1. The van der Waals surface area contributed by atoms with E-state index in [1.807, 2.05) is 0 Å². The summed E-state index contributed by atoms with van der Waals surface area (Å²) in [5, 5.41) is 7.77. The molecule has 0 fully saturated rings. The van der Waals surface area contributed by atoms with Gasteiger partial charge in [-0.25, -0.2) is 0 Å². The molecule has 0 amide bonds. The van der Waals surface area contributed by atoms with Crippen LogP contribution in [0.1, 0.15) is 6.92 Å². The highest BCUT2D eigenvalue weighted by Gasteiger charge is 1.78. The zero-order chi connectivity index (χ0) is 4.28. The van der Waals surface area contributed by atoms with E-state index in [1.165, 1.54) is 0 Å². The lowest BCUT2D eigenvalue weighted by Gasteiger charge is -1.94. The molecule has 0 rings (SSSR count). The molecule has 0 aliphatic carbocycles. The van der Waals surface area contributed by atoms with E-state index in [9.17, 15) is 0 Å². The minimum atomic E-state index is -0.310. The van der Waals surface area contributed by atoms with Gasteiger partial charge >= 0.3 is 0 Å². The second kappa shape index (κ2) is 2.14. The van der Waals surface area contributed by atoms with Gasteiger partial charge in [0.05, 0.1) is 6.17 Å². The van der Waals surface area contributed by atoms with Crippen LogP contribution in [0.4, 0.5) is 0 Å².